The normalized spacial score (nSPS) is 8.11. The van der Waals surface area contributed by atoms with Crippen LogP contribution in [0.1, 0.15) is 0 Å². The zero-order chi connectivity index (χ0) is 12.5. The molecule has 19 heavy (non-hydrogen) atoms. The van der Waals surface area contributed by atoms with Crippen LogP contribution < -0.4 is 9.79 Å². The number of rotatable bonds is 2. The van der Waals surface area contributed by atoms with E-state index in [2.05, 4.69) is 48.5 Å². The summed E-state index contributed by atoms with van der Waals surface area (Å²) in [7, 11) is -3.37. The quantitative estimate of drug-likeness (QED) is 0.354. The van der Waals surface area contributed by atoms with Gasteiger partial charge in [0.2, 0.25) is 0 Å². The Morgan fingerprint density at radius 1 is 0.789 bits per heavy atom. The van der Waals surface area contributed by atoms with Gasteiger partial charge in [0.25, 0.3) is 8.25 Å². The molecule has 0 spiro atoms. The van der Waals surface area contributed by atoms with Crippen LogP contribution in [0.25, 0.3) is 0 Å². The maximum Gasteiger partial charge on any atom is 2.00 e. The summed E-state index contributed by atoms with van der Waals surface area (Å²) >= 11 is 1.28. The van der Waals surface area contributed by atoms with Crippen molar-refractivity contribution < 1.29 is 19.8 Å². The average Bonchev–Trinajstić information content (AvgIpc) is 2.31. The van der Waals surface area contributed by atoms with Crippen molar-refractivity contribution in [3.05, 3.63) is 60.7 Å². The Labute approximate surface area is 133 Å². The van der Waals surface area contributed by atoms with E-state index in [-0.39, 0.29) is 28.5 Å². The number of hydrogen-bond acceptors (Lipinski definition) is 4. The summed E-state index contributed by atoms with van der Waals surface area (Å²) in [5, 5.41) is 0. The van der Waals surface area contributed by atoms with Crippen molar-refractivity contribution in [2.75, 3.05) is 0 Å². The molecule has 0 bridgehead atoms. The molecule has 0 saturated carbocycles. The summed E-state index contributed by atoms with van der Waals surface area (Å²) in [6.45, 7) is 0. The maximum absolute atomic E-state index is 8.48. The molecule has 2 aromatic carbocycles. The molecule has 0 aliphatic carbocycles. The van der Waals surface area contributed by atoms with Gasteiger partial charge in [-0.1, -0.05) is 41.0 Å². The SMILES string of the molecule is O=[P+]([O-])[O-].[Mg+2].[OH-].c1ccc([SH+]c2ccccc2)cc1. The Hall–Kier alpha value is -0.464. The van der Waals surface area contributed by atoms with Gasteiger partial charge in [-0.25, -0.2) is 0 Å². The van der Waals surface area contributed by atoms with E-state index in [4.69, 9.17) is 14.4 Å². The third-order valence-electron chi connectivity index (χ3n) is 1.77. The molecule has 0 aliphatic heterocycles. The van der Waals surface area contributed by atoms with Gasteiger partial charge in [-0.3, -0.25) is 0 Å². The van der Waals surface area contributed by atoms with Gasteiger partial charge in [-0.15, -0.1) is 0 Å². The minimum atomic E-state index is -3.37. The molecule has 0 amide bonds. The summed E-state index contributed by atoms with van der Waals surface area (Å²) in [5.74, 6) is 0. The molecule has 2 aromatic rings. The number of benzene rings is 2. The standard InChI is InChI=1S/C12H10S.Mg.HO3P.H2O/c1-3-7-11(8-4-1)13-12-9-5-2-6-10-12;;1-4(2)3;/h1-10H;;(H,1,2,3);1H2/q;+2;;/p-1. The predicted octanol–water partition coefficient (Wildman–Crippen LogP) is 0.726. The van der Waals surface area contributed by atoms with Gasteiger partial charge in [0.05, 0.1) is 0 Å². The van der Waals surface area contributed by atoms with Crippen LogP contribution in [-0.2, 0) is 16.3 Å². The summed E-state index contributed by atoms with van der Waals surface area (Å²) < 4.78 is 8.48. The smallest absolute Gasteiger partial charge is 0.870 e. The summed E-state index contributed by atoms with van der Waals surface area (Å²) in [6.07, 6.45) is 0. The first-order valence-corrected chi connectivity index (χ1v) is 6.81. The maximum atomic E-state index is 8.48. The van der Waals surface area contributed by atoms with E-state index >= 15 is 0 Å². The van der Waals surface area contributed by atoms with Crippen molar-refractivity contribution in [1.82, 2.24) is 0 Å². The van der Waals surface area contributed by atoms with Crippen molar-refractivity contribution in [2.45, 2.75) is 9.79 Å². The van der Waals surface area contributed by atoms with Gasteiger partial charge in [0.1, 0.15) is 0 Å². The van der Waals surface area contributed by atoms with Crippen molar-refractivity contribution in [2.24, 2.45) is 0 Å². The van der Waals surface area contributed by atoms with Crippen LogP contribution in [0, 0.1) is 0 Å². The van der Waals surface area contributed by atoms with Crippen LogP contribution in [0.3, 0.4) is 0 Å². The van der Waals surface area contributed by atoms with Crippen LogP contribution >= 0.6 is 8.25 Å². The van der Waals surface area contributed by atoms with Crippen molar-refractivity contribution >= 4 is 43.1 Å². The molecule has 7 heteroatoms. The molecule has 0 heterocycles. The van der Waals surface area contributed by atoms with Crippen LogP contribution in [0.4, 0.5) is 0 Å². The first-order chi connectivity index (χ1) is 8.18. The Kier molecular flexibility index (Phi) is 13.8. The van der Waals surface area contributed by atoms with Crippen molar-refractivity contribution in [3.63, 3.8) is 0 Å². The van der Waals surface area contributed by atoms with E-state index in [9.17, 15) is 0 Å². The van der Waals surface area contributed by atoms with Crippen molar-refractivity contribution in [1.29, 1.82) is 0 Å². The minimum absolute atomic E-state index is 0. The van der Waals surface area contributed by atoms with Gasteiger partial charge < -0.3 is 15.3 Å². The van der Waals surface area contributed by atoms with Gasteiger partial charge >= 0.3 is 23.1 Å². The monoisotopic (exact) mass is 307 g/mol. The zero-order valence-corrected chi connectivity index (χ0v) is 13.3. The van der Waals surface area contributed by atoms with Gasteiger partial charge in [0, 0.05) is 11.8 Å². The van der Waals surface area contributed by atoms with Crippen LogP contribution in [0.5, 0.6) is 0 Å². The third-order valence-corrected chi connectivity index (χ3v) is 2.88. The van der Waals surface area contributed by atoms with Gasteiger partial charge in [-0.2, -0.15) is 0 Å². The molecular weight excluding hydrogens is 295 g/mol. The molecule has 0 aliphatic rings. The first-order valence-electron chi connectivity index (χ1n) is 4.82. The molecule has 2 rings (SSSR count). The Morgan fingerprint density at radius 2 is 1.05 bits per heavy atom. The predicted molar refractivity (Wildman–Crippen MR) is 73.5 cm³/mol. The average molecular weight is 308 g/mol. The largest absolute Gasteiger partial charge is 2.00 e. The van der Waals surface area contributed by atoms with Gasteiger partial charge in [0.15, 0.2) is 9.79 Å². The summed E-state index contributed by atoms with van der Waals surface area (Å²) in [6, 6.07) is 21.0. The van der Waals surface area contributed by atoms with E-state index in [1.54, 1.807) is 0 Å². The molecule has 0 fully saturated rings. The Balaban J connectivity index is 0. The fourth-order valence-electron chi connectivity index (χ4n) is 1.15. The molecule has 0 radical (unpaired) electrons. The fourth-order valence-corrected chi connectivity index (χ4v) is 2.09. The molecule has 96 valence electrons. The molecule has 0 saturated heterocycles. The van der Waals surface area contributed by atoms with E-state index in [0.29, 0.717) is 0 Å². The third kappa shape index (κ3) is 11.1. The molecule has 1 N–H and O–H groups in total. The van der Waals surface area contributed by atoms with E-state index in [1.165, 1.54) is 21.6 Å². The second-order valence-electron chi connectivity index (χ2n) is 3.01. The van der Waals surface area contributed by atoms with E-state index in [0.717, 1.165) is 0 Å². The van der Waals surface area contributed by atoms with Crippen molar-refractivity contribution in [3.8, 4) is 0 Å². The molecule has 4 nitrogen and oxygen atoms in total. The second-order valence-corrected chi connectivity index (χ2v) is 4.71. The number of hydrogen-bond donors (Lipinski definition) is 0. The molecule has 0 atom stereocenters. The Morgan fingerprint density at radius 3 is 1.32 bits per heavy atom. The summed E-state index contributed by atoms with van der Waals surface area (Å²) in [5.41, 5.74) is 0. The van der Waals surface area contributed by atoms with E-state index < -0.39 is 8.25 Å². The summed E-state index contributed by atoms with van der Waals surface area (Å²) in [4.78, 5) is 19.6. The van der Waals surface area contributed by atoms with E-state index in [1.807, 2.05) is 12.1 Å². The minimum Gasteiger partial charge on any atom is -0.870 e. The second kappa shape index (κ2) is 12.6. The van der Waals surface area contributed by atoms with Crippen LogP contribution in [0.2, 0.25) is 0 Å². The van der Waals surface area contributed by atoms with Crippen LogP contribution in [-0.4, -0.2) is 28.5 Å². The molecule has 0 unspecified atom stereocenters. The van der Waals surface area contributed by atoms with Crippen LogP contribution in [0.15, 0.2) is 70.5 Å². The topological polar surface area (TPSA) is 93.2 Å². The fraction of sp³-hybridized carbons (Fsp3) is 0. The van der Waals surface area contributed by atoms with Gasteiger partial charge in [-0.05, 0) is 24.3 Å². The molecular formula is C12H12MgO4PS+. The zero-order valence-electron chi connectivity index (χ0n) is 10.0. The molecule has 0 aromatic heterocycles. The Bertz CT molecular complexity index is 414. The number of thiol groups is 1. The first kappa shape index (κ1) is 20.8.